The van der Waals surface area contributed by atoms with Gasteiger partial charge in [0.2, 0.25) is 0 Å². The molecule has 0 heterocycles. The molecule has 0 spiro atoms. The summed E-state index contributed by atoms with van der Waals surface area (Å²) in [6.45, 7) is 2.30. The Hall–Kier alpha value is -0.262. The van der Waals surface area contributed by atoms with Crippen molar-refractivity contribution in [3.63, 3.8) is 0 Å². The maximum atomic E-state index is 10.1. The number of hydrogen-bond donors (Lipinski definition) is 1. The summed E-state index contributed by atoms with van der Waals surface area (Å²) in [6.07, 6.45) is 9.82. The first-order valence-electron chi connectivity index (χ1n) is 7.54. The minimum absolute atomic E-state index is 0.00837. The van der Waals surface area contributed by atoms with Gasteiger partial charge in [-0.25, -0.2) is 0 Å². The van der Waals surface area contributed by atoms with E-state index < -0.39 is 0 Å². The Morgan fingerprint density at radius 1 is 1.32 bits per heavy atom. The van der Waals surface area contributed by atoms with Crippen molar-refractivity contribution < 1.29 is 5.11 Å². The molecule has 1 saturated carbocycles. The Bertz CT molecular complexity index is 359. The molecule has 1 fully saturated rings. The summed E-state index contributed by atoms with van der Waals surface area (Å²) < 4.78 is 0.705. The van der Waals surface area contributed by atoms with E-state index in [1.54, 1.807) is 0 Å². The second kappa shape index (κ2) is 7.50. The third-order valence-electron chi connectivity index (χ3n) is 4.19. The summed E-state index contributed by atoms with van der Waals surface area (Å²) >= 11 is 0.00837. The quantitative estimate of drug-likeness (QED) is 0.722. The van der Waals surface area contributed by atoms with Crippen LogP contribution in [0.2, 0.25) is 9.41 Å². The molecule has 1 aromatic carbocycles. The summed E-state index contributed by atoms with van der Waals surface area (Å²) in [7, 11) is 0. The van der Waals surface area contributed by atoms with Crippen LogP contribution in [-0.4, -0.2) is 27.0 Å². The van der Waals surface area contributed by atoms with Gasteiger partial charge in [-0.15, -0.1) is 0 Å². The van der Waals surface area contributed by atoms with Crippen molar-refractivity contribution in [3.05, 3.63) is 42.3 Å². The van der Waals surface area contributed by atoms with Crippen LogP contribution in [0.3, 0.4) is 0 Å². The average Bonchev–Trinajstić information content (AvgIpc) is 2.40. The average molecular weight is 321 g/mol. The van der Waals surface area contributed by atoms with Crippen LogP contribution in [0.1, 0.15) is 44.6 Å². The number of aliphatic hydroxyl groups excluding tert-OH is 1. The summed E-state index contributed by atoms with van der Waals surface area (Å²) in [5.74, 6) is 0. The predicted octanol–water partition coefficient (Wildman–Crippen LogP) is 3.79. The van der Waals surface area contributed by atoms with Gasteiger partial charge in [-0.2, -0.15) is 0 Å². The van der Waals surface area contributed by atoms with Gasteiger partial charge in [0.1, 0.15) is 0 Å². The Kier molecular flexibility index (Phi) is 5.98. The summed E-state index contributed by atoms with van der Waals surface area (Å²) in [6, 6.07) is 10.4. The monoisotopic (exact) mass is 321 g/mol. The first-order chi connectivity index (χ1) is 9.24. The van der Waals surface area contributed by atoms with Crippen LogP contribution >= 0.6 is 0 Å². The van der Waals surface area contributed by atoms with Crippen molar-refractivity contribution in [1.82, 2.24) is 0 Å². The number of hydrogen-bond acceptors (Lipinski definition) is 1. The third kappa shape index (κ3) is 4.65. The molecule has 2 rings (SSSR count). The van der Waals surface area contributed by atoms with Crippen molar-refractivity contribution in [2.45, 2.75) is 61.0 Å². The molecule has 0 aromatic heterocycles. The molecule has 1 aromatic rings. The first-order valence-corrected chi connectivity index (χ1v) is 10.1. The fourth-order valence-corrected chi connectivity index (χ4v) is 6.96. The van der Waals surface area contributed by atoms with Gasteiger partial charge in [0.05, 0.1) is 0 Å². The molecule has 1 unspecified atom stereocenters. The normalized spacial score (nSPS) is 19.5. The van der Waals surface area contributed by atoms with Crippen LogP contribution in [0.4, 0.5) is 0 Å². The van der Waals surface area contributed by atoms with E-state index in [1.807, 2.05) is 6.07 Å². The van der Waals surface area contributed by atoms with E-state index in [-0.39, 0.29) is 21.9 Å². The summed E-state index contributed by atoms with van der Waals surface area (Å²) in [5.41, 5.74) is 1.30. The van der Waals surface area contributed by atoms with E-state index in [0.29, 0.717) is 4.20 Å². The fraction of sp³-hybridized carbons (Fsp3) is 0.588. The van der Waals surface area contributed by atoms with Crippen molar-refractivity contribution in [3.8, 4) is 0 Å². The Balaban J connectivity index is 1.68. The van der Waals surface area contributed by atoms with Crippen molar-refractivity contribution in [2.75, 3.05) is 0 Å². The van der Waals surface area contributed by atoms with Crippen LogP contribution in [0.15, 0.2) is 30.3 Å². The van der Waals surface area contributed by atoms with Crippen LogP contribution < -0.4 is 0 Å². The van der Waals surface area contributed by atoms with Gasteiger partial charge in [0, 0.05) is 0 Å². The van der Waals surface area contributed by atoms with Crippen LogP contribution in [0.5, 0.6) is 0 Å². The second-order valence-electron chi connectivity index (χ2n) is 5.76. The van der Waals surface area contributed by atoms with E-state index in [0.717, 1.165) is 11.6 Å². The van der Waals surface area contributed by atoms with Crippen LogP contribution in [0.25, 0.3) is 0 Å². The molecule has 19 heavy (non-hydrogen) atoms. The first kappa shape index (κ1) is 15.1. The molecule has 0 aliphatic heterocycles. The van der Waals surface area contributed by atoms with Crippen molar-refractivity contribution >= 4 is 15.8 Å². The van der Waals surface area contributed by atoms with Gasteiger partial charge >= 0.3 is 124 Å². The van der Waals surface area contributed by atoms with Gasteiger partial charge in [-0.1, -0.05) is 0 Å². The molecule has 105 valence electrons. The molecule has 1 N–H and O–H groups in total. The maximum absolute atomic E-state index is 10.1. The SMILES string of the molecule is CCCC1([AsH]C[C@H](O)[CH]Cc2ccccc2)CCC1. The standard InChI is InChI=1S/C17H26AsO/c1-2-11-17(12-6-13-17)18-14-16(19)10-9-15-7-4-3-5-8-15/h3-5,7-8,10,16,18-19H,2,6,9,11-14H2,1H3/t16-/m1/s1. The molecule has 1 aliphatic carbocycles. The van der Waals surface area contributed by atoms with E-state index in [1.165, 1.54) is 37.7 Å². The van der Waals surface area contributed by atoms with Gasteiger partial charge in [0.15, 0.2) is 0 Å². The molecule has 0 saturated heterocycles. The summed E-state index contributed by atoms with van der Waals surface area (Å²) in [5, 5.41) is 11.2. The zero-order chi connectivity index (χ0) is 13.6. The van der Waals surface area contributed by atoms with Crippen LogP contribution in [-0.2, 0) is 6.42 Å². The van der Waals surface area contributed by atoms with E-state index in [2.05, 4.69) is 37.6 Å². The predicted molar refractivity (Wildman–Crippen MR) is 83.9 cm³/mol. The molecule has 1 aliphatic rings. The summed E-state index contributed by atoms with van der Waals surface area (Å²) in [4.78, 5) is 0. The zero-order valence-electron chi connectivity index (χ0n) is 11.9. The van der Waals surface area contributed by atoms with Gasteiger partial charge in [0.25, 0.3) is 0 Å². The van der Waals surface area contributed by atoms with E-state index in [4.69, 9.17) is 0 Å². The molecule has 1 radical (unpaired) electrons. The molecular weight excluding hydrogens is 295 g/mol. The number of rotatable bonds is 8. The van der Waals surface area contributed by atoms with E-state index in [9.17, 15) is 5.11 Å². The molecular formula is C17H26AsO. The molecule has 2 heteroatoms. The van der Waals surface area contributed by atoms with E-state index >= 15 is 0 Å². The minimum atomic E-state index is -0.186. The van der Waals surface area contributed by atoms with Gasteiger partial charge in [-0.05, 0) is 0 Å². The number of aliphatic hydroxyl groups is 1. The Morgan fingerprint density at radius 2 is 2.05 bits per heavy atom. The number of benzene rings is 1. The zero-order valence-corrected chi connectivity index (χ0v) is 14.0. The van der Waals surface area contributed by atoms with Gasteiger partial charge < -0.3 is 0 Å². The third-order valence-corrected chi connectivity index (χ3v) is 8.65. The molecule has 2 atom stereocenters. The van der Waals surface area contributed by atoms with Crippen molar-refractivity contribution in [1.29, 1.82) is 0 Å². The Morgan fingerprint density at radius 3 is 2.63 bits per heavy atom. The fourth-order valence-electron chi connectivity index (χ4n) is 2.89. The molecule has 0 amide bonds. The topological polar surface area (TPSA) is 20.2 Å². The van der Waals surface area contributed by atoms with Crippen LogP contribution in [0, 0.1) is 6.42 Å². The van der Waals surface area contributed by atoms with Gasteiger partial charge in [-0.3, -0.25) is 0 Å². The second-order valence-corrected chi connectivity index (χ2v) is 9.58. The molecule has 0 bridgehead atoms. The molecule has 1 nitrogen and oxygen atoms in total. The Labute approximate surface area is 124 Å². The van der Waals surface area contributed by atoms with Crippen molar-refractivity contribution in [2.24, 2.45) is 0 Å².